The van der Waals surface area contributed by atoms with E-state index in [-0.39, 0.29) is 22.5 Å². The van der Waals surface area contributed by atoms with Crippen molar-refractivity contribution in [2.45, 2.75) is 19.6 Å². The maximum Gasteiger partial charge on any atom is 0.387 e. The van der Waals surface area contributed by atoms with Gasteiger partial charge in [-0.2, -0.15) is 13.8 Å². The van der Waals surface area contributed by atoms with E-state index < -0.39 is 12.5 Å². The Morgan fingerprint density at radius 2 is 2.12 bits per heavy atom. The maximum absolute atomic E-state index is 13.0. The van der Waals surface area contributed by atoms with E-state index in [0.717, 1.165) is 24.1 Å². The lowest BCUT2D eigenvalue weighted by atomic mass is 9.99. The maximum atomic E-state index is 13.0. The molecule has 1 aliphatic rings. The van der Waals surface area contributed by atoms with Crippen molar-refractivity contribution in [3.63, 3.8) is 0 Å². The number of fused-ring (bicyclic) bond motifs is 1. The highest BCUT2D eigenvalue weighted by Crippen LogP contribution is 2.35. The second-order valence-electron chi connectivity index (χ2n) is 7.15. The molecule has 1 aliphatic heterocycles. The Balaban J connectivity index is 1.65. The summed E-state index contributed by atoms with van der Waals surface area (Å²) in [5.41, 5.74) is 8.10. The van der Waals surface area contributed by atoms with Gasteiger partial charge in [0.15, 0.2) is 5.82 Å². The molecule has 0 spiro atoms. The molecule has 0 aliphatic carbocycles. The number of anilines is 4. The van der Waals surface area contributed by atoms with Crippen molar-refractivity contribution in [1.82, 2.24) is 14.9 Å². The number of carbonyl (C=O) groups is 1. The summed E-state index contributed by atoms with van der Waals surface area (Å²) < 4.78 is 30.8. The third-order valence-corrected chi connectivity index (χ3v) is 6.06. The molecular weight excluding hydrogens is 462 g/mol. The second kappa shape index (κ2) is 9.23. The van der Waals surface area contributed by atoms with Crippen LogP contribution in [-0.2, 0) is 13.0 Å². The van der Waals surface area contributed by atoms with Gasteiger partial charge in [-0.05, 0) is 48.2 Å². The number of ether oxygens (including phenoxy) is 1. The van der Waals surface area contributed by atoms with E-state index in [4.69, 9.17) is 22.1 Å². The number of thiophene rings is 1. The van der Waals surface area contributed by atoms with Crippen molar-refractivity contribution in [3.8, 4) is 5.75 Å². The number of halogens is 3. The molecule has 4 N–H and O–H groups in total. The van der Waals surface area contributed by atoms with Crippen molar-refractivity contribution >= 4 is 52.0 Å². The number of nitrogens with one attached hydrogen (secondary N) is 2. The third-order valence-electron chi connectivity index (χ3n) is 4.85. The van der Waals surface area contributed by atoms with Crippen LogP contribution in [0.4, 0.5) is 31.9 Å². The van der Waals surface area contributed by atoms with Gasteiger partial charge in [0.05, 0.1) is 17.6 Å². The molecule has 0 unspecified atom stereocenters. The Labute approximate surface area is 191 Å². The first-order valence-corrected chi connectivity index (χ1v) is 10.8. The summed E-state index contributed by atoms with van der Waals surface area (Å²) >= 11 is 7.38. The van der Waals surface area contributed by atoms with Crippen molar-refractivity contribution in [3.05, 3.63) is 50.8 Å². The van der Waals surface area contributed by atoms with E-state index in [2.05, 4.69) is 25.5 Å². The van der Waals surface area contributed by atoms with Crippen LogP contribution in [0.2, 0.25) is 5.02 Å². The number of amides is 1. The van der Waals surface area contributed by atoms with Gasteiger partial charge in [-0.3, -0.25) is 4.79 Å². The largest absolute Gasteiger partial charge is 0.433 e. The van der Waals surface area contributed by atoms with Crippen molar-refractivity contribution in [2.75, 3.05) is 24.2 Å². The van der Waals surface area contributed by atoms with Crippen LogP contribution < -0.4 is 21.1 Å². The summed E-state index contributed by atoms with van der Waals surface area (Å²) in [4.78, 5) is 22.5. The Hall–Kier alpha value is -3.02. The van der Waals surface area contributed by atoms with Gasteiger partial charge >= 0.3 is 6.61 Å². The molecule has 1 amide bonds. The number of nitrogens with zero attached hydrogens (tertiary/aromatic N) is 3. The monoisotopic (exact) mass is 480 g/mol. The smallest absolute Gasteiger partial charge is 0.387 e. The van der Waals surface area contributed by atoms with Gasteiger partial charge in [-0.15, -0.1) is 11.3 Å². The lowest BCUT2D eigenvalue weighted by Crippen LogP contribution is -2.26. The van der Waals surface area contributed by atoms with Crippen LogP contribution in [0, 0.1) is 0 Å². The van der Waals surface area contributed by atoms with Crippen LogP contribution in [0.25, 0.3) is 0 Å². The molecule has 2 aromatic heterocycles. The first-order valence-electron chi connectivity index (χ1n) is 9.53. The molecule has 3 heterocycles. The number of carbonyl (C=O) groups excluding carboxylic acids is 1. The van der Waals surface area contributed by atoms with Gasteiger partial charge in [0, 0.05) is 13.1 Å². The highest BCUT2D eigenvalue weighted by molar-refractivity contribution is 7.12. The number of hydrogen-bond donors (Lipinski definition) is 3. The minimum Gasteiger partial charge on any atom is -0.433 e. The van der Waals surface area contributed by atoms with Gasteiger partial charge in [0.1, 0.15) is 15.6 Å². The summed E-state index contributed by atoms with van der Waals surface area (Å²) in [6.45, 7) is -1.46. The highest BCUT2D eigenvalue weighted by Gasteiger charge is 2.20. The zero-order chi connectivity index (χ0) is 22.8. The first kappa shape index (κ1) is 22.2. The molecule has 168 valence electrons. The molecule has 0 atom stereocenters. The molecule has 0 saturated carbocycles. The normalized spacial score (nSPS) is 13.7. The zero-order valence-corrected chi connectivity index (χ0v) is 18.4. The number of alkyl halides is 2. The van der Waals surface area contributed by atoms with Crippen LogP contribution in [0.5, 0.6) is 5.75 Å². The number of aromatic nitrogens is 2. The minimum absolute atomic E-state index is 0.00483. The van der Waals surface area contributed by atoms with E-state index in [1.807, 2.05) is 7.05 Å². The van der Waals surface area contributed by atoms with Crippen molar-refractivity contribution < 1.29 is 18.3 Å². The van der Waals surface area contributed by atoms with Crippen LogP contribution in [-0.4, -0.2) is 41.0 Å². The van der Waals surface area contributed by atoms with Crippen molar-refractivity contribution in [2.24, 2.45) is 5.73 Å². The fraction of sp³-hybridized carbons (Fsp3) is 0.250. The number of benzene rings is 1. The van der Waals surface area contributed by atoms with Crippen LogP contribution >= 0.6 is 22.9 Å². The Kier molecular flexibility index (Phi) is 6.40. The predicted molar refractivity (Wildman–Crippen MR) is 120 cm³/mol. The van der Waals surface area contributed by atoms with Crippen LogP contribution in [0.1, 0.15) is 20.8 Å². The Bertz CT molecular complexity index is 1160. The molecule has 0 radical (unpaired) electrons. The SMILES string of the molecule is CN1CCc2cc(OC(F)F)c(Nc3ncc(Cl)c(Nc4ccsc4C(N)=O)n3)cc2C1. The van der Waals surface area contributed by atoms with E-state index in [1.54, 1.807) is 23.6 Å². The molecule has 0 bridgehead atoms. The fourth-order valence-electron chi connectivity index (χ4n) is 3.38. The standard InChI is InChI=1S/C20H19ClF2N6O2S/c1-29-4-2-10-7-15(31-19(22)23)14(6-11(10)9-29)27-20-25-8-12(21)18(28-20)26-13-3-5-32-16(13)17(24)30/h3,5-8,19H,2,4,9H2,1H3,(H2,24,30)(H2,25,26,27,28). The van der Waals surface area contributed by atoms with Crippen molar-refractivity contribution in [1.29, 1.82) is 0 Å². The summed E-state index contributed by atoms with van der Waals surface area (Å²) in [6, 6.07) is 5.05. The number of nitrogens with two attached hydrogens (primary N) is 1. The summed E-state index contributed by atoms with van der Waals surface area (Å²) in [5.74, 6) is -0.251. The zero-order valence-electron chi connectivity index (χ0n) is 16.9. The van der Waals surface area contributed by atoms with Gasteiger partial charge in [0.2, 0.25) is 5.95 Å². The summed E-state index contributed by atoms with van der Waals surface area (Å²) in [7, 11) is 1.99. The molecule has 12 heteroatoms. The molecule has 4 rings (SSSR count). The van der Waals surface area contributed by atoms with Crippen LogP contribution in [0.3, 0.4) is 0 Å². The van der Waals surface area contributed by atoms with Gasteiger partial charge < -0.3 is 26.0 Å². The lowest BCUT2D eigenvalue weighted by molar-refractivity contribution is -0.0494. The number of likely N-dealkylation sites (N-methyl/N-ethyl adjacent to an activating group) is 1. The van der Waals surface area contributed by atoms with E-state index in [1.165, 1.54) is 17.5 Å². The van der Waals surface area contributed by atoms with Crippen LogP contribution in [0.15, 0.2) is 29.8 Å². The number of hydrogen-bond acceptors (Lipinski definition) is 8. The quantitative estimate of drug-likeness (QED) is 0.461. The molecule has 1 aromatic carbocycles. The van der Waals surface area contributed by atoms with Gasteiger partial charge in [0.25, 0.3) is 5.91 Å². The summed E-state index contributed by atoms with van der Waals surface area (Å²) in [5, 5.41) is 7.81. The van der Waals surface area contributed by atoms with Gasteiger partial charge in [-0.25, -0.2) is 4.98 Å². The Morgan fingerprint density at radius 3 is 2.88 bits per heavy atom. The minimum atomic E-state index is -2.98. The fourth-order valence-corrected chi connectivity index (χ4v) is 4.22. The third kappa shape index (κ3) is 4.90. The molecule has 3 aromatic rings. The number of rotatable bonds is 7. The molecule has 0 saturated heterocycles. The molecule has 32 heavy (non-hydrogen) atoms. The number of primary amides is 1. The van der Waals surface area contributed by atoms with E-state index in [9.17, 15) is 13.6 Å². The van der Waals surface area contributed by atoms with E-state index >= 15 is 0 Å². The molecule has 8 nitrogen and oxygen atoms in total. The average molecular weight is 481 g/mol. The average Bonchev–Trinajstić information content (AvgIpc) is 3.19. The molecular formula is C20H19ClF2N6O2S. The first-order chi connectivity index (χ1) is 15.3. The Morgan fingerprint density at radius 1 is 1.31 bits per heavy atom. The topological polar surface area (TPSA) is 105 Å². The highest BCUT2D eigenvalue weighted by atomic mass is 35.5. The second-order valence-corrected chi connectivity index (χ2v) is 8.47. The van der Waals surface area contributed by atoms with Gasteiger partial charge in [-0.1, -0.05) is 11.6 Å². The lowest BCUT2D eigenvalue weighted by Gasteiger charge is -2.26. The van der Waals surface area contributed by atoms with E-state index in [0.29, 0.717) is 22.8 Å². The summed E-state index contributed by atoms with van der Waals surface area (Å²) in [6.07, 6.45) is 2.09. The molecule has 0 fully saturated rings. The predicted octanol–water partition coefficient (Wildman–Crippen LogP) is 4.37.